The Labute approximate surface area is 153 Å². The van der Waals surface area contributed by atoms with Crippen molar-refractivity contribution < 1.29 is 18.7 Å². The summed E-state index contributed by atoms with van der Waals surface area (Å²) in [5, 5.41) is 9.74. The molecule has 3 nitrogen and oxygen atoms in total. The third kappa shape index (κ3) is 3.27. The van der Waals surface area contributed by atoms with E-state index in [1.807, 2.05) is 24.3 Å². The quantitative estimate of drug-likeness (QED) is 0.521. The van der Waals surface area contributed by atoms with E-state index < -0.39 is 11.8 Å². The maximum Gasteiger partial charge on any atom is 0.336 e. The highest BCUT2D eigenvalue weighted by molar-refractivity contribution is 6.03. The minimum absolute atomic E-state index is 0.00267. The van der Waals surface area contributed by atoms with Gasteiger partial charge in [-0.2, -0.15) is 0 Å². The normalized spacial score (nSPS) is 10.9. The standard InChI is InChI=1S/C22H13F2NO2/c23-16-7-5-14(6-8-16)13-1-3-15(4-2-13)21-12-19(22(26)27)18-11-17(24)9-10-20(18)25-21/h1-12H,(H,26,27). The highest BCUT2D eigenvalue weighted by Crippen LogP contribution is 2.28. The molecule has 4 rings (SSSR count). The van der Waals surface area contributed by atoms with Gasteiger partial charge in [0, 0.05) is 10.9 Å². The number of rotatable bonds is 3. The number of hydrogen-bond donors (Lipinski definition) is 1. The largest absolute Gasteiger partial charge is 0.478 e. The number of aromatic nitrogens is 1. The van der Waals surface area contributed by atoms with Gasteiger partial charge in [-0.3, -0.25) is 0 Å². The first-order valence-electron chi connectivity index (χ1n) is 8.21. The molecule has 0 amide bonds. The monoisotopic (exact) mass is 361 g/mol. The molecule has 4 aromatic rings. The Hall–Kier alpha value is -3.60. The molecular formula is C22H13F2NO2. The van der Waals surface area contributed by atoms with Crippen LogP contribution in [-0.4, -0.2) is 16.1 Å². The summed E-state index contributed by atoms with van der Waals surface area (Å²) >= 11 is 0. The third-order valence-electron chi connectivity index (χ3n) is 4.36. The van der Waals surface area contributed by atoms with Crippen molar-refractivity contribution in [2.75, 3.05) is 0 Å². The lowest BCUT2D eigenvalue weighted by Gasteiger charge is -2.08. The summed E-state index contributed by atoms with van der Waals surface area (Å²) in [6, 6.07) is 18.9. The van der Waals surface area contributed by atoms with Crippen LogP contribution in [0.5, 0.6) is 0 Å². The van der Waals surface area contributed by atoms with Crippen molar-refractivity contribution >= 4 is 16.9 Å². The lowest BCUT2D eigenvalue weighted by molar-refractivity contribution is 0.0699. The fourth-order valence-corrected chi connectivity index (χ4v) is 3.00. The lowest BCUT2D eigenvalue weighted by atomic mass is 10.0. The number of aromatic carboxylic acids is 1. The van der Waals surface area contributed by atoms with E-state index in [1.165, 1.54) is 36.4 Å². The summed E-state index contributed by atoms with van der Waals surface area (Å²) in [5.74, 6) is -1.95. The third-order valence-corrected chi connectivity index (χ3v) is 4.36. The van der Waals surface area contributed by atoms with Crippen molar-refractivity contribution in [2.24, 2.45) is 0 Å². The van der Waals surface area contributed by atoms with Crippen LogP contribution in [-0.2, 0) is 0 Å². The van der Waals surface area contributed by atoms with Crippen molar-refractivity contribution in [2.45, 2.75) is 0 Å². The number of carboxylic acids is 1. The average molecular weight is 361 g/mol. The van der Waals surface area contributed by atoms with Crippen LogP contribution in [0.2, 0.25) is 0 Å². The van der Waals surface area contributed by atoms with E-state index in [1.54, 1.807) is 12.1 Å². The predicted octanol–water partition coefficient (Wildman–Crippen LogP) is 5.55. The zero-order chi connectivity index (χ0) is 19.0. The van der Waals surface area contributed by atoms with Crippen LogP contribution >= 0.6 is 0 Å². The van der Waals surface area contributed by atoms with E-state index in [9.17, 15) is 18.7 Å². The topological polar surface area (TPSA) is 50.2 Å². The molecule has 1 N–H and O–H groups in total. The highest BCUT2D eigenvalue weighted by Gasteiger charge is 2.14. The summed E-state index contributed by atoms with van der Waals surface area (Å²) in [6.45, 7) is 0. The molecule has 0 aliphatic carbocycles. The first-order chi connectivity index (χ1) is 13.0. The molecule has 0 aliphatic rings. The highest BCUT2D eigenvalue weighted by atomic mass is 19.1. The number of benzene rings is 3. The van der Waals surface area contributed by atoms with Gasteiger partial charge in [0.05, 0.1) is 16.8 Å². The van der Waals surface area contributed by atoms with Crippen molar-refractivity contribution in [1.82, 2.24) is 4.98 Å². The first-order valence-corrected chi connectivity index (χ1v) is 8.21. The van der Waals surface area contributed by atoms with Gasteiger partial charge >= 0.3 is 5.97 Å². The molecule has 0 aliphatic heterocycles. The van der Waals surface area contributed by atoms with Gasteiger partial charge in [-0.15, -0.1) is 0 Å². The number of pyridine rings is 1. The van der Waals surface area contributed by atoms with Crippen LogP contribution in [0.4, 0.5) is 8.78 Å². The van der Waals surface area contributed by atoms with Gasteiger partial charge in [-0.1, -0.05) is 36.4 Å². The van der Waals surface area contributed by atoms with Crippen molar-refractivity contribution in [3.8, 4) is 22.4 Å². The van der Waals surface area contributed by atoms with Crippen LogP contribution in [0.3, 0.4) is 0 Å². The molecule has 0 spiro atoms. The van der Waals surface area contributed by atoms with E-state index in [-0.39, 0.29) is 16.8 Å². The van der Waals surface area contributed by atoms with E-state index >= 15 is 0 Å². The molecule has 1 heterocycles. The molecule has 27 heavy (non-hydrogen) atoms. The molecule has 132 valence electrons. The van der Waals surface area contributed by atoms with Crippen molar-refractivity contribution in [3.63, 3.8) is 0 Å². The molecule has 0 bridgehead atoms. The zero-order valence-electron chi connectivity index (χ0n) is 14.0. The molecule has 0 unspecified atom stereocenters. The van der Waals surface area contributed by atoms with Crippen LogP contribution in [0, 0.1) is 11.6 Å². The molecule has 0 saturated carbocycles. The van der Waals surface area contributed by atoms with Gasteiger partial charge in [-0.05, 0) is 47.5 Å². The minimum atomic E-state index is -1.14. The Balaban J connectivity index is 1.79. The Morgan fingerprint density at radius 1 is 0.741 bits per heavy atom. The smallest absolute Gasteiger partial charge is 0.336 e. The SMILES string of the molecule is O=C(O)c1cc(-c2ccc(-c3ccc(F)cc3)cc2)nc2ccc(F)cc12. The second-order valence-electron chi connectivity index (χ2n) is 6.11. The minimum Gasteiger partial charge on any atom is -0.478 e. The van der Waals surface area contributed by atoms with Gasteiger partial charge in [0.25, 0.3) is 0 Å². The number of carbonyl (C=O) groups is 1. The predicted molar refractivity (Wildman–Crippen MR) is 99.5 cm³/mol. The molecule has 0 fully saturated rings. The zero-order valence-corrected chi connectivity index (χ0v) is 14.0. The number of nitrogens with zero attached hydrogens (tertiary/aromatic N) is 1. The van der Waals surface area contributed by atoms with Crippen molar-refractivity contribution in [1.29, 1.82) is 0 Å². The second kappa shape index (κ2) is 6.61. The Morgan fingerprint density at radius 2 is 1.30 bits per heavy atom. The molecule has 5 heteroatoms. The fraction of sp³-hybridized carbons (Fsp3) is 0. The van der Waals surface area contributed by atoms with Gasteiger partial charge in [0.1, 0.15) is 11.6 Å². The Morgan fingerprint density at radius 3 is 1.93 bits per heavy atom. The molecule has 0 radical (unpaired) electrons. The molecule has 1 aromatic heterocycles. The van der Waals surface area contributed by atoms with Crippen molar-refractivity contribution in [3.05, 3.63) is 90.0 Å². The summed E-state index contributed by atoms with van der Waals surface area (Å²) in [5.41, 5.74) is 3.40. The van der Waals surface area contributed by atoms with Gasteiger partial charge in [-0.25, -0.2) is 18.6 Å². The van der Waals surface area contributed by atoms with Crippen LogP contribution in [0.25, 0.3) is 33.3 Å². The number of fused-ring (bicyclic) bond motifs is 1. The lowest BCUT2D eigenvalue weighted by Crippen LogP contribution is -2.00. The molecular weight excluding hydrogens is 348 g/mol. The average Bonchev–Trinajstić information content (AvgIpc) is 2.68. The maximum absolute atomic E-state index is 13.5. The first kappa shape index (κ1) is 16.8. The Bertz CT molecular complexity index is 1150. The summed E-state index contributed by atoms with van der Waals surface area (Å²) in [6.07, 6.45) is 0. The molecule has 0 atom stereocenters. The van der Waals surface area contributed by atoms with Gasteiger partial charge < -0.3 is 5.11 Å². The molecule has 0 saturated heterocycles. The summed E-state index contributed by atoms with van der Waals surface area (Å²) < 4.78 is 26.6. The van der Waals surface area contributed by atoms with Crippen LogP contribution in [0.1, 0.15) is 10.4 Å². The number of halogens is 2. The van der Waals surface area contributed by atoms with E-state index in [0.717, 1.165) is 16.7 Å². The summed E-state index contributed by atoms with van der Waals surface area (Å²) in [7, 11) is 0. The summed E-state index contributed by atoms with van der Waals surface area (Å²) in [4.78, 5) is 16.1. The second-order valence-corrected chi connectivity index (χ2v) is 6.11. The fourth-order valence-electron chi connectivity index (χ4n) is 3.00. The van der Waals surface area contributed by atoms with E-state index in [2.05, 4.69) is 4.98 Å². The number of carboxylic acid groups (broad SMARTS) is 1. The van der Waals surface area contributed by atoms with Gasteiger partial charge in [0.15, 0.2) is 0 Å². The van der Waals surface area contributed by atoms with Gasteiger partial charge in [0.2, 0.25) is 0 Å². The molecule has 3 aromatic carbocycles. The van der Waals surface area contributed by atoms with Crippen LogP contribution in [0.15, 0.2) is 72.8 Å². The maximum atomic E-state index is 13.5. The van der Waals surface area contributed by atoms with Crippen LogP contribution < -0.4 is 0 Å². The van der Waals surface area contributed by atoms with E-state index in [0.29, 0.717) is 11.2 Å². The number of hydrogen-bond acceptors (Lipinski definition) is 2. The Kier molecular flexibility index (Phi) is 4.12. The van der Waals surface area contributed by atoms with E-state index in [4.69, 9.17) is 0 Å².